The molecule has 2 fully saturated rings. The third kappa shape index (κ3) is 3.33. The fraction of sp³-hybridized carbons (Fsp3) is 0.588. The second-order valence-corrected chi connectivity index (χ2v) is 6.52. The molecule has 1 spiro atoms. The largest absolute Gasteiger partial charge is 0.489 e. The van der Waals surface area contributed by atoms with E-state index in [0.717, 1.165) is 12.8 Å². The van der Waals surface area contributed by atoms with Crippen molar-refractivity contribution in [3.8, 4) is 11.8 Å². The molecule has 1 heterocycles. The quantitative estimate of drug-likeness (QED) is 0.827. The van der Waals surface area contributed by atoms with Gasteiger partial charge in [-0.1, -0.05) is 30.9 Å². The van der Waals surface area contributed by atoms with Crippen molar-refractivity contribution < 1.29 is 9.47 Å². The molecule has 0 N–H and O–H groups in total. The number of halogens is 1. The third-order valence-electron chi connectivity index (χ3n) is 4.59. The van der Waals surface area contributed by atoms with Gasteiger partial charge in [-0.25, -0.2) is 0 Å². The number of nitriles is 1. The molecular formula is C17H20ClNO2. The lowest BCUT2D eigenvalue weighted by atomic mass is 9.83. The van der Waals surface area contributed by atoms with Gasteiger partial charge in [0.15, 0.2) is 0 Å². The number of benzene rings is 1. The van der Waals surface area contributed by atoms with E-state index in [-0.39, 0.29) is 11.7 Å². The number of rotatable bonds is 3. The Morgan fingerprint density at radius 2 is 2.10 bits per heavy atom. The van der Waals surface area contributed by atoms with E-state index in [1.54, 1.807) is 18.2 Å². The predicted molar refractivity (Wildman–Crippen MR) is 81.6 cm³/mol. The zero-order valence-electron chi connectivity index (χ0n) is 12.1. The Morgan fingerprint density at radius 3 is 2.86 bits per heavy atom. The van der Waals surface area contributed by atoms with Crippen molar-refractivity contribution in [2.75, 3.05) is 6.61 Å². The first kappa shape index (κ1) is 14.7. The first-order valence-corrected chi connectivity index (χ1v) is 8.09. The van der Waals surface area contributed by atoms with Crippen LogP contribution in [0.4, 0.5) is 0 Å². The number of ether oxygens (including phenoxy) is 2. The molecule has 3 rings (SSSR count). The first-order valence-electron chi connectivity index (χ1n) is 7.71. The molecule has 1 saturated heterocycles. The average molecular weight is 306 g/mol. The second-order valence-electron chi connectivity index (χ2n) is 6.09. The average Bonchev–Trinajstić information content (AvgIpc) is 2.89. The van der Waals surface area contributed by atoms with E-state index in [9.17, 15) is 0 Å². The summed E-state index contributed by atoms with van der Waals surface area (Å²) in [6, 6.07) is 7.23. The fourth-order valence-corrected chi connectivity index (χ4v) is 3.63. The summed E-state index contributed by atoms with van der Waals surface area (Å²) in [7, 11) is 0. The van der Waals surface area contributed by atoms with Gasteiger partial charge in [-0.3, -0.25) is 0 Å². The molecule has 1 saturated carbocycles. The van der Waals surface area contributed by atoms with Gasteiger partial charge < -0.3 is 9.47 Å². The van der Waals surface area contributed by atoms with Gasteiger partial charge >= 0.3 is 0 Å². The molecule has 0 aromatic heterocycles. The maximum Gasteiger partial charge on any atom is 0.138 e. The van der Waals surface area contributed by atoms with Crippen LogP contribution in [0.1, 0.15) is 50.5 Å². The van der Waals surface area contributed by atoms with Gasteiger partial charge in [-0.05, 0) is 37.8 Å². The van der Waals surface area contributed by atoms with Gasteiger partial charge in [0.25, 0.3) is 0 Å². The molecule has 4 heteroatoms. The normalized spacial score (nSPS) is 23.9. The SMILES string of the molecule is N#Cc1ccc(Cl)cc1OCC1CCC2(CCCCC2)O1. The van der Waals surface area contributed by atoms with E-state index in [0.29, 0.717) is 22.9 Å². The lowest BCUT2D eigenvalue weighted by Gasteiger charge is -2.33. The zero-order valence-corrected chi connectivity index (χ0v) is 12.9. The Morgan fingerprint density at radius 1 is 1.29 bits per heavy atom. The molecule has 1 unspecified atom stereocenters. The highest BCUT2D eigenvalue weighted by Gasteiger charge is 2.40. The molecule has 0 radical (unpaired) electrons. The molecule has 2 aliphatic rings. The van der Waals surface area contributed by atoms with Crippen molar-refractivity contribution in [3.05, 3.63) is 28.8 Å². The molecule has 0 bridgehead atoms. The van der Waals surface area contributed by atoms with Crippen LogP contribution in [0.25, 0.3) is 0 Å². The highest BCUT2D eigenvalue weighted by molar-refractivity contribution is 6.30. The van der Waals surface area contributed by atoms with E-state index in [1.165, 1.54) is 32.1 Å². The Kier molecular flexibility index (Phi) is 4.37. The molecule has 1 aromatic carbocycles. The highest BCUT2D eigenvalue weighted by Crippen LogP contribution is 2.42. The minimum Gasteiger partial charge on any atom is -0.489 e. The highest BCUT2D eigenvalue weighted by atomic mass is 35.5. The van der Waals surface area contributed by atoms with E-state index < -0.39 is 0 Å². The summed E-state index contributed by atoms with van der Waals surface area (Å²) in [4.78, 5) is 0. The molecule has 1 aliphatic heterocycles. The van der Waals surface area contributed by atoms with Crippen LogP contribution in [0.5, 0.6) is 5.75 Å². The summed E-state index contributed by atoms with van der Waals surface area (Å²) in [5, 5.41) is 9.68. The van der Waals surface area contributed by atoms with Crippen molar-refractivity contribution in [1.82, 2.24) is 0 Å². The van der Waals surface area contributed by atoms with Gasteiger partial charge in [-0.2, -0.15) is 5.26 Å². The lowest BCUT2D eigenvalue weighted by molar-refractivity contribution is -0.0748. The van der Waals surface area contributed by atoms with Crippen molar-refractivity contribution in [2.45, 2.75) is 56.7 Å². The predicted octanol–water partition coefficient (Wildman–Crippen LogP) is 4.47. The second kappa shape index (κ2) is 6.25. The van der Waals surface area contributed by atoms with E-state index in [2.05, 4.69) is 6.07 Å². The zero-order chi connectivity index (χ0) is 14.7. The van der Waals surface area contributed by atoms with E-state index >= 15 is 0 Å². The monoisotopic (exact) mass is 305 g/mol. The molecule has 3 nitrogen and oxygen atoms in total. The van der Waals surface area contributed by atoms with Gasteiger partial charge in [0.2, 0.25) is 0 Å². The molecular weight excluding hydrogens is 286 g/mol. The fourth-order valence-electron chi connectivity index (χ4n) is 3.47. The third-order valence-corrected chi connectivity index (χ3v) is 4.83. The molecule has 1 atom stereocenters. The Hall–Kier alpha value is -1.24. The lowest BCUT2D eigenvalue weighted by Crippen LogP contribution is -2.32. The molecule has 112 valence electrons. The van der Waals surface area contributed by atoms with Crippen molar-refractivity contribution in [1.29, 1.82) is 5.26 Å². The summed E-state index contributed by atoms with van der Waals surface area (Å²) in [5.74, 6) is 0.554. The van der Waals surface area contributed by atoms with Crippen LogP contribution in [0.3, 0.4) is 0 Å². The summed E-state index contributed by atoms with van der Waals surface area (Å²) in [5.41, 5.74) is 0.628. The minimum atomic E-state index is 0.110. The molecule has 1 aliphatic carbocycles. The van der Waals surface area contributed by atoms with Crippen molar-refractivity contribution in [3.63, 3.8) is 0 Å². The van der Waals surface area contributed by atoms with Crippen LogP contribution in [0.15, 0.2) is 18.2 Å². The van der Waals surface area contributed by atoms with Gasteiger partial charge in [0.05, 0.1) is 17.3 Å². The topological polar surface area (TPSA) is 42.2 Å². The number of nitrogens with zero attached hydrogens (tertiary/aromatic N) is 1. The van der Waals surface area contributed by atoms with Gasteiger partial charge in [0.1, 0.15) is 18.4 Å². The van der Waals surface area contributed by atoms with Crippen molar-refractivity contribution in [2.24, 2.45) is 0 Å². The molecule has 21 heavy (non-hydrogen) atoms. The van der Waals surface area contributed by atoms with Gasteiger partial charge in [0, 0.05) is 11.1 Å². The first-order chi connectivity index (χ1) is 10.2. The van der Waals surface area contributed by atoms with Crippen LogP contribution < -0.4 is 4.74 Å². The summed E-state index contributed by atoms with van der Waals surface area (Å²) in [6.07, 6.45) is 8.58. The van der Waals surface area contributed by atoms with Crippen LogP contribution in [0.2, 0.25) is 5.02 Å². The van der Waals surface area contributed by atoms with Gasteiger partial charge in [-0.15, -0.1) is 0 Å². The Labute approximate surface area is 130 Å². The number of hydrogen-bond acceptors (Lipinski definition) is 3. The van der Waals surface area contributed by atoms with Crippen LogP contribution >= 0.6 is 11.6 Å². The molecule has 0 amide bonds. The standard InChI is InChI=1S/C17H20ClNO2/c18-14-5-4-13(11-19)16(10-14)20-12-15-6-9-17(21-15)7-2-1-3-8-17/h4-5,10,15H,1-3,6-9,12H2. The van der Waals surface area contributed by atoms with Crippen molar-refractivity contribution >= 4 is 11.6 Å². The Balaban J connectivity index is 1.59. The Bertz CT molecular complexity index is 546. The summed E-state index contributed by atoms with van der Waals surface area (Å²) >= 11 is 5.97. The van der Waals surface area contributed by atoms with E-state index in [4.69, 9.17) is 26.3 Å². The summed E-state index contributed by atoms with van der Waals surface area (Å²) < 4.78 is 12.1. The molecule has 1 aromatic rings. The maximum atomic E-state index is 9.10. The minimum absolute atomic E-state index is 0.110. The van der Waals surface area contributed by atoms with Crippen LogP contribution in [-0.4, -0.2) is 18.3 Å². The number of hydrogen-bond donors (Lipinski definition) is 0. The smallest absolute Gasteiger partial charge is 0.138 e. The van der Waals surface area contributed by atoms with Crippen LogP contribution in [0, 0.1) is 11.3 Å². The maximum absolute atomic E-state index is 9.10. The van der Waals surface area contributed by atoms with E-state index in [1.807, 2.05) is 0 Å². The van der Waals surface area contributed by atoms with Crippen LogP contribution in [-0.2, 0) is 4.74 Å². The summed E-state index contributed by atoms with van der Waals surface area (Å²) in [6.45, 7) is 0.497.